The zero-order chi connectivity index (χ0) is 15.7. The van der Waals surface area contributed by atoms with E-state index in [1.807, 2.05) is 33.2 Å². The van der Waals surface area contributed by atoms with Crippen LogP contribution in [0.3, 0.4) is 0 Å². The summed E-state index contributed by atoms with van der Waals surface area (Å²) in [4.78, 5) is 18.9. The summed E-state index contributed by atoms with van der Waals surface area (Å²) in [5, 5.41) is 6.16. The molecule has 0 aliphatic heterocycles. The van der Waals surface area contributed by atoms with E-state index in [0.717, 1.165) is 43.9 Å². The number of amides is 1. The van der Waals surface area contributed by atoms with Crippen molar-refractivity contribution in [2.45, 2.75) is 33.1 Å². The predicted octanol–water partition coefficient (Wildman–Crippen LogP) is 2.15. The van der Waals surface area contributed by atoms with Crippen LogP contribution in [-0.4, -0.2) is 49.5 Å². The molecule has 0 atom stereocenters. The first-order valence-corrected chi connectivity index (χ1v) is 7.74. The van der Waals surface area contributed by atoms with Gasteiger partial charge in [-0.25, -0.2) is 4.98 Å². The Bertz CT molecular complexity index is 422. The fourth-order valence-corrected chi connectivity index (χ4v) is 2.07. The number of hydrogen-bond acceptors (Lipinski definition) is 4. The minimum atomic E-state index is -0.0207. The number of hydrogen-bond donors (Lipinski definition) is 2. The van der Waals surface area contributed by atoms with Crippen LogP contribution in [0, 0.1) is 0 Å². The van der Waals surface area contributed by atoms with E-state index in [1.54, 1.807) is 0 Å². The standard InChI is InChI=1S/C16H28N4O/c1-5-8-14-11-13(12-15(19-14)17-6-2)16(21)18-9-7-10-20(3)4/h11-12H,5-10H2,1-4H3,(H,17,19)(H,18,21). The lowest BCUT2D eigenvalue weighted by Crippen LogP contribution is -2.27. The number of aryl methyl sites for hydroxylation is 1. The van der Waals surface area contributed by atoms with Crippen LogP contribution < -0.4 is 10.6 Å². The predicted molar refractivity (Wildman–Crippen MR) is 87.9 cm³/mol. The summed E-state index contributed by atoms with van der Waals surface area (Å²) in [7, 11) is 4.06. The second-order valence-electron chi connectivity index (χ2n) is 5.43. The highest BCUT2D eigenvalue weighted by molar-refractivity contribution is 5.95. The number of aromatic nitrogens is 1. The van der Waals surface area contributed by atoms with Gasteiger partial charge in [0.25, 0.3) is 5.91 Å². The van der Waals surface area contributed by atoms with Crippen molar-refractivity contribution in [3.8, 4) is 0 Å². The number of nitrogens with zero attached hydrogens (tertiary/aromatic N) is 2. The maximum absolute atomic E-state index is 12.2. The molecule has 118 valence electrons. The SMILES string of the molecule is CCCc1cc(C(=O)NCCCN(C)C)cc(NCC)n1. The molecule has 0 aliphatic rings. The van der Waals surface area contributed by atoms with Gasteiger partial charge in [-0.1, -0.05) is 13.3 Å². The van der Waals surface area contributed by atoms with Crippen LogP contribution in [0.2, 0.25) is 0 Å². The van der Waals surface area contributed by atoms with Crippen LogP contribution in [0.1, 0.15) is 42.7 Å². The van der Waals surface area contributed by atoms with Crippen LogP contribution in [0.15, 0.2) is 12.1 Å². The quantitative estimate of drug-likeness (QED) is 0.685. The molecule has 0 saturated heterocycles. The van der Waals surface area contributed by atoms with Gasteiger partial charge in [-0.3, -0.25) is 4.79 Å². The number of pyridine rings is 1. The van der Waals surface area contributed by atoms with Gasteiger partial charge in [0.1, 0.15) is 5.82 Å². The van der Waals surface area contributed by atoms with Crippen molar-refractivity contribution in [2.24, 2.45) is 0 Å². The Balaban J connectivity index is 2.68. The maximum atomic E-state index is 12.2. The normalized spacial score (nSPS) is 10.7. The molecule has 1 rings (SSSR count). The summed E-state index contributed by atoms with van der Waals surface area (Å²) >= 11 is 0. The average molecular weight is 292 g/mol. The van der Waals surface area contributed by atoms with Gasteiger partial charge in [0, 0.05) is 24.3 Å². The summed E-state index contributed by atoms with van der Waals surface area (Å²) in [5.74, 6) is 0.759. The first-order chi connectivity index (χ1) is 10.1. The van der Waals surface area contributed by atoms with E-state index in [1.165, 1.54) is 0 Å². The van der Waals surface area contributed by atoms with E-state index < -0.39 is 0 Å². The lowest BCUT2D eigenvalue weighted by Gasteiger charge is -2.11. The van der Waals surface area contributed by atoms with E-state index >= 15 is 0 Å². The van der Waals surface area contributed by atoms with Gasteiger partial charge < -0.3 is 15.5 Å². The van der Waals surface area contributed by atoms with Gasteiger partial charge in [0.2, 0.25) is 0 Å². The molecular formula is C16H28N4O. The fourth-order valence-electron chi connectivity index (χ4n) is 2.07. The molecule has 1 amide bonds. The van der Waals surface area contributed by atoms with Crippen molar-refractivity contribution in [3.05, 3.63) is 23.4 Å². The molecule has 1 heterocycles. The highest BCUT2D eigenvalue weighted by Gasteiger charge is 2.09. The van der Waals surface area contributed by atoms with Gasteiger partial charge in [-0.05, 0) is 52.5 Å². The Labute approximate surface area is 128 Å². The number of rotatable bonds is 9. The zero-order valence-corrected chi connectivity index (χ0v) is 13.7. The third-order valence-corrected chi connectivity index (χ3v) is 3.07. The molecule has 0 spiro atoms. The number of anilines is 1. The van der Waals surface area contributed by atoms with Gasteiger partial charge in [-0.15, -0.1) is 0 Å². The molecule has 0 unspecified atom stereocenters. The van der Waals surface area contributed by atoms with Gasteiger partial charge in [0.15, 0.2) is 0 Å². The first-order valence-electron chi connectivity index (χ1n) is 7.74. The summed E-state index contributed by atoms with van der Waals surface area (Å²) in [5.41, 5.74) is 1.66. The second-order valence-corrected chi connectivity index (χ2v) is 5.43. The molecule has 0 bridgehead atoms. The molecule has 0 saturated carbocycles. The second kappa shape index (κ2) is 9.34. The Morgan fingerprint density at radius 2 is 2.05 bits per heavy atom. The van der Waals surface area contributed by atoms with Crippen LogP contribution in [0.5, 0.6) is 0 Å². The number of nitrogens with one attached hydrogen (secondary N) is 2. The van der Waals surface area contributed by atoms with Crippen molar-refractivity contribution >= 4 is 11.7 Å². The number of carbonyl (C=O) groups excluding carboxylic acids is 1. The van der Waals surface area contributed by atoms with E-state index in [4.69, 9.17) is 0 Å². The Hall–Kier alpha value is -1.62. The van der Waals surface area contributed by atoms with E-state index in [-0.39, 0.29) is 5.91 Å². The van der Waals surface area contributed by atoms with Gasteiger partial charge >= 0.3 is 0 Å². The highest BCUT2D eigenvalue weighted by atomic mass is 16.1. The van der Waals surface area contributed by atoms with Crippen LogP contribution in [0.25, 0.3) is 0 Å². The first kappa shape index (κ1) is 17.4. The average Bonchev–Trinajstić information content (AvgIpc) is 2.43. The summed E-state index contributed by atoms with van der Waals surface area (Å²) in [6.45, 7) is 6.60. The molecule has 21 heavy (non-hydrogen) atoms. The lowest BCUT2D eigenvalue weighted by atomic mass is 10.1. The van der Waals surface area contributed by atoms with Crippen LogP contribution in [0.4, 0.5) is 5.82 Å². The van der Waals surface area contributed by atoms with Crippen molar-refractivity contribution in [1.82, 2.24) is 15.2 Å². The minimum Gasteiger partial charge on any atom is -0.370 e. The Morgan fingerprint density at radius 1 is 1.29 bits per heavy atom. The number of carbonyl (C=O) groups is 1. The van der Waals surface area contributed by atoms with E-state index in [2.05, 4.69) is 27.4 Å². The van der Waals surface area contributed by atoms with Crippen LogP contribution >= 0.6 is 0 Å². The largest absolute Gasteiger partial charge is 0.370 e. The van der Waals surface area contributed by atoms with E-state index in [0.29, 0.717) is 12.1 Å². The molecule has 0 aromatic carbocycles. The van der Waals surface area contributed by atoms with Crippen molar-refractivity contribution < 1.29 is 4.79 Å². The van der Waals surface area contributed by atoms with Gasteiger partial charge in [-0.2, -0.15) is 0 Å². The lowest BCUT2D eigenvalue weighted by molar-refractivity contribution is 0.0952. The monoisotopic (exact) mass is 292 g/mol. The maximum Gasteiger partial charge on any atom is 0.251 e. The molecule has 0 aliphatic carbocycles. The van der Waals surface area contributed by atoms with Gasteiger partial charge in [0.05, 0.1) is 0 Å². The molecule has 5 nitrogen and oxygen atoms in total. The summed E-state index contributed by atoms with van der Waals surface area (Å²) < 4.78 is 0. The molecule has 2 N–H and O–H groups in total. The van der Waals surface area contributed by atoms with E-state index in [9.17, 15) is 4.79 Å². The van der Waals surface area contributed by atoms with Crippen molar-refractivity contribution in [3.63, 3.8) is 0 Å². The molecule has 1 aromatic rings. The molecule has 0 fully saturated rings. The molecule has 1 aromatic heterocycles. The van der Waals surface area contributed by atoms with Crippen molar-refractivity contribution in [1.29, 1.82) is 0 Å². The Morgan fingerprint density at radius 3 is 2.67 bits per heavy atom. The zero-order valence-electron chi connectivity index (χ0n) is 13.7. The Kier molecular flexibility index (Phi) is 7.75. The molecule has 5 heteroatoms. The summed E-state index contributed by atoms with van der Waals surface area (Å²) in [6.07, 6.45) is 2.86. The topological polar surface area (TPSA) is 57.3 Å². The smallest absolute Gasteiger partial charge is 0.251 e. The third kappa shape index (κ3) is 6.58. The highest BCUT2D eigenvalue weighted by Crippen LogP contribution is 2.12. The minimum absolute atomic E-state index is 0.0207. The molecular weight excluding hydrogens is 264 g/mol. The fraction of sp³-hybridized carbons (Fsp3) is 0.625. The third-order valence-electron chi connectivity index (χ3n) is 3.07. The van der Waals surface area contributed by atoms with Crippen LogP contribution in [-0.2, 0) is 6.42 Å². The molecule has 0 radical (unpaired) electrons. The summed E-state index contributed by atoms with van der Waals surface area (Å²) in [6, 6.07) is 3.72. The van der Waals surface area contributed by atoms with Crippen molar-refractivity contribution in [2.75, 3.05) is 39.0 Å².